The van der Waals surface area contributed by atoms with E-state index in [1.807, 2.05) is 25.1 Å². The van der Waals surface area contributed by atoms with Crippen LogP contribution in [0.5, 0.6) is 0 Å². The predicted octanol–water partition coefficient (Wildman–Crippen LogP) is 5.05. The highest BCUT2D eigenvalue weighted by Crippen LogP contribution is 2.25. The van der Waals surface area contributed by atoms with E-state index < -0.39 is 0 Å². The van der Waals surface area contributed by atoms with E-state index in [9.17, 15) is 4.39 Å². The minimum Gasteiger partial charge on any atom is -0.278 e. The number of aryl methyl sites for hydroxylation is 1. The molecule has 3 rings (SSSR count). The normalized spacial score (nSPS) is 12.6. The number of halogens is 1. The summed E-state index contributed by atoms with van der Waals surface area (Å²) in [5.41, 5.74) is 5.17. The van der Waals surface area contributed by atoms with E-state index in [2.05, 4.69) is 27.8 Å². The molecule has 0 atom stereocenters. The summed E-state index contributed by atoms with van der Waals surface area (Å²) in [6.07, 6.45) is 5.30. The Kier molecular flexibility index (Phi) is 4.38. The van der Waals surface area contributed by atoms with E-state index in [4.69, 9.17) is 0 Å². The molecule has 0 amide bonds. The van der Waals surface area contributed by atoms with E-state index in [0.29, 0.717) is 5.56 Å². The third-order valence-corrected chi connectivity index (χ3v) is 3.95. The first-order chi connectivity index (χ1) is 11.6. The van der Waals surface area contributed by atoms with Crippen LogP contribution in [0.1, 0.15) is 23.6 Å². The summed E-state index contributed by atoms with van der Waals surface area (Å²) in [5, 5.41) is 8.03. The molecular formula is C20H18FN3. The van der Waals surface area contributed by atoms with Crippen LogP contribution in [-0.2, 0) is 0 Å². The summed E-state index contributed by atoms with van der Waals surface area (Å²) in [7, 11) is 0. The van der Waals surface area contributed by atoms with Crippen LogP contribution in [0.2, 0.25) is 0 Å². The molecule has 0 unspecified atom stereocenters. The van der Waals surface area contributed by atoms with Crippen LogP contribution in [-0.4, -0.2) is 15.9 Å². The Morgan fingerprint density at radius 2 is 2.00 bits per heavy atom. The Bertz CT molecular complexity index is 964. The van der Waals surface area contributed by atoms with Gasteiger partial charge in [0.25, 0.3) is 0 Å². The van der Waals surface area contributed by atoms with Crippen LogP contribution in [0.15, 0.2) is 66.4 Å². The number of H-pyrrole nitrogens is 1. The fraction of sp³-hybridized carbons (Fsp3) is 0.100. The Hall–Kier alpha value is -3.01. The number of aliphatic imine (C=N–C) groups is 1. The van der Waals surface area contributed by atoms with Gasteiger partial charge in [-0.05, 0) is 55.3 Å². The van der Waals surface area contributed by atoms with Crippen molar-refractivity contribution in [2.24, 2.45) is 4.99 Å². The molecule has 3 aromatic rings. The summed E-state index contributed by atoms with van der Waals surface area (Å²) in [6, 6.07) is 11.1. The highest BCUT2D eigenvalue weighted by Gasteiger charge is 2.13. The average Bonchev–Trinajstić information content (AvgIpc) is 3.05. The number of nitrogens with one attached hydrogen (secondary N) is 1. The topological polar surface area (TPSA) is 41.0 Å². The second-order valence-electron chi connectivity index (χ2n) is 5.50. The van der Waals surface area contributed by atoms with Gasteiger partial charge in [0.1, 0.15) is 5.82 Å². The minimum absolute atomic E-state index is 0.224. The summed E-state index contributed by atoms with van der Waals surface area (Å²) >= 11 is 0. The van der Waals surface area contributed by atoms with Crippen molar-refractivity contribution in [2.45, 2.75) is 13.8 Å². The molecule has 0 aliphatic heterocycles. The Morgan fingerprint density at radius 1 is 1.21 bits per heavy atom. The standard InChI is InChI=1S/C20H18FN3/c1-4-17(14-7-9-19-16(11-14)12-23-24-19)20(22-5-2)15-6-8-18(21)13(3)10-15/h4-12H,2H2,1,3H3,(H,23,24)/b17-4-,22-20?. The highest BCUT2D eigenvalue weighted by atomic mass is 19.1. The minimum atomic E-state index is -0.224. The first kappa shape index (κ1) is 15.9. The highest BCUT2D eigenvalue weighted by molar-refractivity contribution is 6.32. The molecule has 4 heteroatoms. The van der Waals surface area contributed by atoms with Crippen molar-refractivity contribution in [2.75, 3.05) is 0 Å². The van der Waals surface area contributed by atoms with Gasteiger partial charge in [-0.25, -0.2) is 4.39 Å². The molecule has 24 heavy (non-hydrogen) atoms. The number of fused-ring (bicyclic) bond motifs is 1. The number of nitrogens with zero attached hydrogens (tertiary/aromatic N) is 2. The molecule has 1 heterocycles. The van der Waals surface area contributed by atoms with Gasteiger partial charge in [0, 0.05) is 22.7 Å². The Morgan fingerprint density at radius 3 is 2.71 bits per heavy atom. The number of hydrogen-bond donors (Lipinski definition) is 1. The summed E-state index contributed by atoms with van der Waals surface area (Å²) in [4.78, 5) is 4.45. The molecule has 0 saturated heterocycles. The summed E-state index contributed by atoms with van der Waals surface area (Å²) in [5.74, 6) is -0.224. The molecule has 0 saturated carbocycles. The van der Waals surface area contributed by atoms with Crippen molar-refractivity contribution in [1.29, 1.82) is 0 Å². The number of aromatic amines is 1. The number of rotatable bonds is 4. The van der Waals surface area contributed by atoms with E-state index in [1.54, 1.807) is 25.3 Å². The first-order valence-corrected chi connectivity index (χ1v) is 7.69. The van der Waals surface area contributed by atoms with Crippen LogP contribution < -0.4 is 0 Å². The zero-order valence-corrected chi connectivity index (χ0v) is 13.7. The number of aromatic nitrogens is 2. The van der Waals surface area contributed by atoms with Crippen LogP contribution >= 0.6 is 0 Å². The van der Waals surface area contributed by atoms with Crippen LogP contribution in [0.3, 0.4) is 0 Å². The maximum Gasteiger partial charge on any atom is 0.126 e. The van der Waals surface area contributed by atoms with Crippen molar-refractivity contribution in [3.05, 3.63) is 84.0 Å². The molecular weight excluding hydrogens is 301 g/mol. The molecule has 0 fully saturated rings. The predicted molar refractivity (Wildman–Crippen MR) is 97.6 cm³/mol. The summed E-state index contributed by atoms with van der Waals surface area (Å²) in [6.45, 7) is 7.42. The van der Waals surface area contributed by atoms with Gasteiger partial charge in [-0.3, -0.25) is 10.1 Å². The van der Waals surface area contributed by atoms with Crippen molar-refractivity contribution in [3.8, 4) is 0 Å². The fourth-order valence-electron chi connectivity index (χ4n) is 2.73. The van der Waals surface area contributed by atoms with Crippen LogP contribution in [0.25, 0.3) is 16.5 Å². The van der Waals surface area contributed by atoms with Gasteiger partial charge in [0.15, 0.2) is 0 Å². The van der Waals surface area contributed by atoms with E-state index in [0.717, 1.165) is 33.3 Å². The van der Waals surface area contributed by atoms with E-state index in [-0.39, 0.29) is 5.82 Å². The monoisotopic (exact) mass is 319 g/mol. The lowest BCUT2D eigenvalue weighted by Gasteiger charge is -2.12. The first-order valence-electron chi connectivity index (χ1n) is 7.69. The third-order valence-electron chi connectivity index (χ3n) is 3.95. The molecule has 0 radical (unpaired) electrons. The number of benzene rings is 2. The van der Waals surface area contributed by atoms with Crippen molar-refractivity contribution in [3.63, 3.8) is 0 Å². The lowest BCUT2D eigenvalue weighted by atomic mass is 9.94. The Labute approximate surface area is 140 Å². The molecule has 0 bridgehead atoms. The van der Waals surface area contributed by atoms with Crippen LogP contribution in [0, 0.1) is 12.7 Å². The van der Waals surface area contributed by atoms with Crippen molar-refractivity contribution < 1.29 is 4.39 Å². The summed E-state index contributed by atoms with van der Waals surface area (Å²) < 4.78 is 13.6. The van der Waals surface area contributed by atoms with E-state index in [1.165, 1.54) is 12.3 Å². The lowest BCUT2D eigenvalue weighted by molar-refractivity contribution is 0.618. The van der Waals surface area contributed by atoms with Gasteiger partial charge in [0.2, 0.25) is 0 Å². The molecule has 0 spiro atoms. The third kappa shape index (κ3) is 2.91. The van der Waals surface area contributed by atoms with E-state index >= 15 is 0 Å². The van der Waals surface area contributed by atoms with Gasteiger partial charge >= 0.3 is 0 Å². The second kappa shape index (κ2) is 6.62. The zero-order valence-electron chi connectivity index (χ0n) is 13.7. The fourth-order valence-corrected chi connectivity index (χ4v) is 2.73. The second-order valence-corrected chi connectivity index (χ2v) is 5.50. The average molecular weight is 319 g/mol. The maximum atomic E-state index is 13.6. The Balaban J connectivity index is 2.13. The molecule has 1 N–H and O–H groups in total. The smallest absolute Gasteiger partial charge is 0.126 e. The molecule has 0 aliphatic rings. The molecule has 0 aliphatic carbocycles. The molecule has 1 aromatic heterocycles. The molecule has 2 aromatic carbocycles. The lowest BCUT2D eigenvalue weighted by Crippen LogP contribution is -2.05. The van der Waals surface area contributed by atoms with Gasteiger partial charge in [0.05, 0.1) is 17.4 Å². The van der Waals surface area contributed by atoms with Crippen LogP contribution in [0.4, 0.5) is 4.39 Å². The van der Waals surface area contributed by atoms with Crippen molar-refractivity contribution in [1.82, 2.24) is 10.2 Å². The molecule has 3 nitrogen and oxygen atoms in total. The maximum absolute atomic E-state index is 13.6. The quantitative estimate of drug-likeness (QED) is 0.672. The van der Waals surface area contributed by atoms with Crippen molar-refractivity contribution >= 4 is 22.2 Å². The van der Waals surface area contributed by atoms with Gasteiger partial charge in [-0.2, -0.15) is 5.10 Å². The number of hydrogen-bond acceptors (Lipinski definition) is 2. The zero-order chi connectivity index (χ0) is 17.1. The molecule has 120 valence electrons. The van der Waals surface area contributed by atoms with Gasteiger partial charge < -0.3 is 0 Å². The largest absolute Gasteiger partial charge is 0.278 e. The number of allylic oxidation sites excluding steroid dienone is 2. The van der Waals surface area contributed by atoms with Gasteiger partial charge in [-0.15, -0.1) is 0 Å². The SMILES string of the molecule is C=CN=C(/C(=C\C)c1ccc2[nH]ncc2c1)c1ccc(F)c(C)c1. The van der Waals surface area contributed by atoms with Gasteiger partial charge in [-0.1, -0.05) is 18.7 Å².